The third-order valence-electron chi connectivity index (χ3n) is 3.32. The standard InChI is InChI=1S/C15H18N2O2S/c1-9-7-13(5-6-15(9)17(18)19)16-11(3)14-8-10(2)20-12(14)4/h5-8,11,16H,1-4H3. The van der Waals surface area contributed by atoms with Crippen LogP contribution in [0.2, 0.25) is 0 Å². The summed E-state index contributed by atoms with van der Waals surface area (Å²) in [6.45, 7) is 8.08. The molecule has 106 valence electrons. The molecule has 2 rings (SSSR count). The Morgan fingerprint density at radius 3 is 2.45 bits per heavy atom. The van der Waals surface area contributed by atoms with Crippen LogP contribution in [-0.2, 0) is 0 Å². The predicted octanol–water partition coefficient (Wildman–Crippen LogP) is 4.75. The van der Waals surface area contributed by atoms with Gasteiger partial charge < -0.3 is 5.32 Å². The van der Waals surface area contributed by atoms with Crippen molar-refractivity contribution in [3.05, 3.63) is 55.3 Å². The van der Waals surface area contributed by atoms with Crippen molar-refractivity contribution >= 4 is 22.7 Å². The number of rotatable bonds is 4. The van der Waals surface area contributed by atoms with Crippen LogP contribution in [0.1, 0.15) is 33.8 Å². The van der Waals surface area contributed by atoms with Crippen LogP contribution in [0.3, 0.4) is 0 Å². The molecular formula is C15H18N2O2S. The van der Waals surface area contributed by atoms with Gasteiger partial charge in [0.1, 0.15) is 0 Å². The quantitative estimate of drug-likeness (QED) is 0.652. The van der Waals surface area contributed by atoms with E-state index in [-0.39, 0.29) is 16.7 Å². The molecule has 0 fully saturated rings. The van der Waals surface area contributed by atoms with Crippen LogP contribution in [0.15, 0.2) is 24.3 Å². The molecule has 1 aromatic heterocycles. The van der Waals surface area contributed by atoms with Gasteiger partial charge in [0, 0.05) is 33.1 Å². The van der Waals surface area contributed by atoms with E-state index in [2.05, 4.69) is 32.2 Å². The van der Waals surface area contributed by atoms with Gasteiger partial charge in [-0.1, -0.05) is 0 Å². The van der Waals surface area contributed by atoms with Gasteiger partial charge in [-0.2, -0.15) is 0 Å². The Morgan fingerprint density at radius 2 is 1.95 bits per heavy atom. The number of aryl methyl sites for hydroxylation is 3. The van der Waals surface area contributed by atoms with Gasteiger partial charge in [-0.3, -0.25) is 10.1 Å². The lowest BCUT2D eigenvalue weighted by Gasteiger charge is -2.15. The summed E-state index contributed by atoms with van der Waals surface area (Å²) in [5.74, 6) is 0. The minimum atomic E-state index is -0.352. The minimum Gasteiger partial charge on any atom is -0.378 e. The summed E-state index contributed by atoms with van der Waals surface area (Å²) in [6.07, 6.45) is 0. The van der Waals surface area contributed by atoms with Gasteiger partial charge in [0.25, 0.3) is 5.69 Å². The van der Waals surface area contributed by atoms with Gasteiger partial charge in [0.15, 0.2) is 0 Å². The van der Waals surface area contributed by atoms with E-state index in [4.69, 9.17) is 0 Å². The fourth-order valence-corrected chi connectivity index (χ4v) is 3.38. The summed E-state index contributed by atoms with van der Waals surface area (Å²) in [5, 5.41) is 14.2. The van der Waals surface area contributed by atoms with E-state index in [1.165, 1.54) is 15.3 Å². The number of anilines is 1. The average Bonchev–Trinajstić information content (AvgIpc) is 2.68. The van der Waals surface area contributed by atoms with Crippen LogP contribution >= 0.6 is 11.3 Å². The number of nitrogens with zero attached hydrogens (tertiary/aromatic N) is 1. The lowest BCUT2D eigenvalue weighted by molar-refractivity contribution is -0.385. The zero-order valence-electron chi connectivity index (χ0n) is 12.1. The first kappa shape index (κ1) is 14.5. The maximum Gasteiger partial charge on any atom is 0.272 e. The zero-order chi connectivity index (χ0) is 14.9. The summed E-state index contributed by atoms with van der Waals surface area (Å²) >= 11 is 1.79. The van der Waals surface area contributed by atoms with Gasteiger partial charge in [-0.25, -0.2) is 0 Å². The monoisotopic (exact) mass is 290 g/mol. The molecule has 1 unspecified atom stereocenters. The first-order valence-electron chi connectivity index (χ1n) is 6.47. The SMILES string of the molecule is Cc1cc(C(C)Nc2ccc([N+](=O)[O-])c(C)c2)c(C)s1. The Labute approximate surface area is 122 Å². The van der Waals surface area contributed by atoms with Crippen molar-refractivity contribution in [2.24, 2.45) is 0 Å². The molecule has 0 aliphatic rings. The van der Waals surface area contributed by atoms with Crippen LogP contribution < -0.4 is 5.32 Å². The Bertz CT molecular complexity index is 649. The smallest absolute Gasteiger partial charge is 0.272 e. The van der Waals surface area contributed by atoms with Crippen molar-refractivity contribution in [2.45, 2.75) is 33.7 Å². The van der Waals surface area contributed by atoms with E-state index in [0.717, 1.165) is 5.69 Å². The number of nitro groups is 1. The van der Waals surface area contributed by atoms with Crippen molar-refractivity contribution < 1.29 is 4.92 Å². The van der Waals surface area contributed by atoms with Crippen LogP contribution in [0.4, 0.5) is 11.4 Å². The van der Waals surface area contributed by atoms with Crippen molar-refractivity contribution in [2.75, 3.05) is 5.32 Å². The molecule has 0 radical (unpaired) electrons. The number of benzene rings is 1. The van der Waals surface area contributed by atoms with E-state index in [0.29, 0.717) is 5.56 Å². The molecule has 20 heavy (non-hydrogen) atoms. The summed E-state index contributed by atoms with van der Waals surface area (Å²) < 4.78 is 0. The summed E-state index contributed by atoms with van der Waals surface area (Å²) in [4.78, 5) is 13.1. The topological polar surface area (TPSA) is 55.2 Å². The Kier molecular flexibility index (Phi) is 4.09. The number of nitro benzene ring substituents is 1. The number of hydrogen-bond acceptors (Lipinski definition) is 4. The molecule has 1 aromatic carbocycles. The highest BCUT2D eigenvalue weighted by Crippen LogP contribution is 2.29. The van der Waals surface area contributed by atoms with Crippen LogP contribution in [-0.4, -0.2) is 4.92 Å². The van der Waals surface area contributed by atoms with Crippen molar-refractivity contribution in [1.82, 2.24) is 0 Å². The van der Waals surface area contributed by atoms with Crippen molar-refractivity contribution in [3.63, 3.8) is 0 Å². The van der Waals surface area contributed by atoms with Crippen molar-refractivity contribution in [1.29, 1.82) is 0 Å². The molecule has 0 saturated carbocycles. The molecule has 1 atom stereocenters. The Morgan fingerprint density at radius 1 is 1.25 bits per heavy atom. The van der Waals surface area contributed by atoms with E-state index < -0.39 is 0 Å². The summed E-state index contributed by atoms with van der Waals surface area (Å²) in [5.41, 5.74) is 3.02. The van der Waals surface area contributed by atoms with Gasteiger partial charge in [-0.05, 0) is 51.5 Å². The first-order chi connectivity index (χ1) is 9.38. The second kappa shape index (κ2) is 5.63. The third-order valence-corrected chi connectivity index (χ3v) is 4.30. The number of hydrogen-bond donors (Lipinski definition) is 1. The highest BCUT2D eigenvalue weighted by molar-refractivity contribution is 7.12. The number of nitrogens with one attached hydrogen (secondary N) is 1. The second-order valence-corrected chi connectivity index (χ2v) is 6.45. The molecule has 1 N–H and O–H groups in total. The molecule has 1 heterocycles. The number of thiophene rings is 1. The van der Waals surface area contributed by atoms with Gasteiger partial charge in [0.2, 0.25) is 0 Å². The average molecular weight is 290 g/mol. The molecule has 0 aliphatic heterocycles. The molecule has 0 amide bonds. The molecule has 5 heteroatoms. The third kappa shape index (κ3) is 2.99. The fraction of sp³-hybridized carbons (Fsp3) is 0.333. The minimum absolute atomic E-state index is 0.158. The predicted molar refractivity (Wildman–Crippen MR) is 83.7 cm³/mol. The highest BCUT2D eigenvalue weighted by Gasteiger charge is 2.14. The van der Waals surface area contributed by atoms with Crippen LogP contribution in [0, 0.1) is 30.9 Å². The van der Waals surface area contributed by atoms with Crippen LogP contribution in [0.5, 0.6) is 0 Å². The summed E-state index contributed by atoms with van der Waals surface area (Å²) in [7, 11) is 0. The molecule has 0 aliphatic carbocycles. The van der Waals surface area contributed by atoms with Crippen molar-refractivity contribution in [3.8, 4) is 0 Å². The van der Waals surface area contributed by atoms with Crippen LogP contribution in [0.25, 0.3) is 0 Å². The van der Waals surface area contributed by atoms with E-state index in [1.54, 1.807) is 30.4 Å². The van der Waals surface area contributed by atoms with Gasteiger partial charge in [0.05, 0.1) is 4.92 Å². The lowest BCUT2D eigenvalue weighted by atomic mass is 10.1. The normalized spacial score (nSPS) is 12.2. The summed E-state index contributed by atoms with van der Waals surface area (Å²) in [6, 6.07) is 7.51. The van der Waals surface area contributed by atoms with Gasteiger partial charge >= 0.3 is 0 Å². The maximum absolute atomic E-state index is 10.8. The van der Waals surface area contributed by atoms with E-state index >= 15 is 0 Å². The molecule has 0 bridgehead atoms. The molecular weight excluding hydrogens is 272 g/mol. The van der Waals surface area contributed by atoms with Gasteiger partial charge in [-0.15, -0.1) is 11.3 Å². The Hall–Kier alpha value is -1.88. The largest absolute Gasteiger partial charge is 0.378 e. The zero-order valence-corrected chi connectivity index (χ0v) is 12.9. The maximum atomic E-state index is 10.8. The highest BCUT2D eigenvalue weighted by atomic mass is 32.1. The fourth-order valence-electron chi connectivity index (χ4n) is 2.36. The molecule has 4 nitrogen and oxygen atoms in total. The van der Waals surface area contributed by atoms with E-state index in [1.807, 2.05) is 6.07 Å². The first-order valence-corrected chi connectivity index (χ1v) is 7.28. The second-order valence-electron chi connectivity index (χ2n) is 4.99. The molecule has 0 saturated heterocycles. The molecule has 2 aromatic rings. The Balaban J connectivity index is 2.20. The van der Waals surface area contributed by atoms with E-state index in [9.17, 15) is 10.1 Å². The molecule has 0 spiro atoms. The lowest BCUT2D eigenvalue weighted by Crippen LogP contribution is -2.07.